The number of hydrogen-bond acceptors (Lipinski definition) is 1. The normalized spacial score (nSPS) is 10.3. The van der Waals surface area contributed by atoms with Gasteiger partial charge in [0.25, 0.3) is 0 Å². The van der Waals surface area contributed by atoms with Crippen molar-refractivity contribution in [3.63, 3.8) is 0 Å². The third-order valence-corrected chi connectivity index (χ3v) is 3.15. The van der Waals surface area contributed by atoms with Gasteiger partial charge in [-0.1, -0.05) is 55.8 Å². The van der Waals surface area contributed by atoms with Gasteiger partial charge in [-0.25, -0.2) is 0 Å². The Kier molecular flexibility index (Phi) is 4.30. The number of carbonyl (C=O) groups is 1. The van der Waals surface area contributed by atoms with Crippen LogP contribution >= 0.6 is 0 Å². The zero-order chi connectivity index (χ0) is 12.8. The highest BCUT2D eigenvalue weighted by atomic mass is 16.1. The summed E-state index contributed by atoms with van der Waals surface area (Å²) < 4.78 is 0. The van der Waals surface area contributed by atoms with E-state index in [-0.39, 0.29) is 0 Å². The average molecular weight is 238 g/mol. The molecule has 0 aliphatic rings. The van der Waals surface area contributed by atoms with Crippen molar-refractivity contribution in [2.24, 2.45) is 0 Å². The van der Waals surface area contributed by atoms with Crippen LogP contribution in [0.25, 0.3) is 11.1 Å². The minimum Gasteiger partial charge on any atom is -0.298 e. The van der Waals surface area contributed by atoms with E-state index in [9.17, 15) is 4.79 Å². The Hall–Kier alpha value is -1.89. The predicted octanol–water partition coefficient (Wildman–Crippen LogP) is 4.51. The third-order valence-electron chi connectivity index (χ3n) is 3.15. The SMILES string of the molecule is CCCCc1ccc(-c2ccccc2)c(C=O)c1. The summed E-state index contributed by atoms with van der Waals surface area (Å²) in [6.45, 7) is 2.18. The number of hydrogen-bond donors (Lipinski definition) is 0. The molecule has 0 saturated heterocycles. The van der Waals surface area contributed by atoms with Crippen LogP contribution in [0.5, 0.6) is 0 Å². The summed E-state index contributed by atoms with van der Waals surface area (Å²) in [5.74, 6) is 0. The first-order valence-corrected chi connectivity index (χ1v) is 6.48. The molecule has 92 valence electrons. The van der Waals surface area contributed by atoms with Crippen molar-refractivity contribution in [1.29, 1.82) is 0 Å². The molecule has 0 saturated carbocycles. The quantitative estimate of drug-likeness (QED) is 0.700. The van der Waals surface area contributed by atoms with Crippen LogP contribution in [0.3, 0.4) is 0 Å². The van der Waals surface area contributed by atoms with E-state index in [1.165, 1.54) is 18.4 Å². The van der Waals surface area contributed by atoms with Crippen LogP contribution in [0.2, 0.25) is 0 Å². The number of rotatable bonds is 5. The highest BCUT2D eigenvalue weighted by molar-refractivity contribution is 5.87. The molecule has 0 atom stereocenters. The number of aldehydes is 1. The molecule has 18 heavy (non-hydrogen) atoms. The standard InChI is InChI=1S/C17H18O/c1-2-3-7-14-10-11-17(16(12-14)13-18)15-8-5-4-6-9-15/h4-6,8-13H,2-3,7H2,1H3. The molecule has 0 aliphatic carbocycles. The Balaban J connectivity index is 2.35. The predicted molar refractivity (Wildman–Crippen MR) is 75.9 cm³/mol. The smallest absolute Gasteiger partial charge is 0.150 e. The van der Waals surface area contributed by atoms with Crippen molar-refractivity contribution in [3.05, 3.63) is 59.7 Å². The van der Waals surface area contributed by atoms with Gasteiger partial charge in [0, 0.05) is 5.56 Å². The summed E-state index contributed by atoms with van der Waals surface area (Å²) >= 11 is 0. The molecular formula is C17H18O. The summed E-state index contributed by atoms with van der Waals surface area (Å²) in [7, 11) is 0. The molecule has 1 nitrogen and oxygen atoms in total. The van der Waals surface area contributed by atoms with Crippen LogP contribution in [0.4, 0.5) is 0 Å². The molecule has 2 aromatic carbocycles. The van der Waals surface area contributed by atoms with Crippen LogP contribution < -0.4 is 0 Å². The van der Waals surface area contributed by atoms with Gasteiger partial charge >= 0.3 is 0 Å². The van der Waals surface area contributed by atoms with Crippen LogP contribution in [0.15, 0.2) is 48.5 Å². The van der Waals surface area contributed by atoms with Crippen LogP contribution in [0.1, 0.15) is 35.7 Å². The first-order chi connectivity index (χ1) is 8.85. The third kappa shape index (κ3) is 2.86. The molecule has 0 aromatic heterocycles. The molecule has 0 N–H and O–H groups in total. The van der Waals surface area contributed by atoms with Gasteiger partial charge in [0.15, 0.2) is 6.29 Å². The maximum atomic E-state index is 11.2. The van der Waals surface area contributed by atoms with Crippen molar-refractivity contribution in [2.75, 3.05) is 0 Å². The van der Waals surface area contributed by atoms with E-state index in [0.717, 1.165) is 29.4 Å². The van der Waals surface area contributed by atoms with Gasteiger partial charge in [0.2, 0.25) is 0 Å². The average Bonchev–Trinajstić information content (AvgIpc) is 2.45. The lowest BCUT2D eigenvalue weighted by atomic mass is 9.96. The van der Waals surface area contributed by atoms with Crippen molar-refractivity contribution in [2.45, 2.75) is 26.2 Å². The maximum Gasteiger partial charge on any atom is 0.150 e. The van der Waals surface area contributed by atoms with E-state index in [2.05, 4.69) is 19.1 Å². The van der Waals surface area contributed by atoms with Gasteiger partial charge < -0.3 is 0 Å². The van der Waals surface area contributed by atoms with E-state index in [1.807, 2.05) is 36.4 Å². The minimum absolute atomic E-state index is 0.787. The highest BCUT2D eigenvalue weighted by Crippen LogP contribution is 2.24. The number of unbranched alkanes of at least 4 members (excludes halogenated alkanes) is 1. The van der Waals surface area contributed by atoms with Crippen molar-refractivity contribution < 1.29 is 4.79 Å². The summed E-state index contributed by atoms with van der Waals surface area (Å²) in [6.07, 6.45) is 4.35. The second-order valence-electron chi connectivity index (χ2n) is 4.51. The summed E-state index contributed by atoms with van der Waals surface area (Å²) in [4.78, 5) is 11.2. The van der Waals surface area contributed by atoms with Crippen LogP contribution in [0, 0.1) is 0 Å². The summed E-state index contributed by atoms with van der Waals surface area (Å²) in [5, 5.41) is 0. The molecule has 0 aliphatic heterocycles. The van der Waals surface area contributed by atoms with Crippen molar-refractivity contribution >= 4 is 6.29 Å². The molecule has 0 heterocycles. The van der Waals surface area contributed by atoms with E-state index in [1.54, 1.807) is 0 Å². The molecule has 0 bridgehead atoms. The van der Waals surface area contributed by atoms with Crippen LogP contribution in [-0.2, 0) is 6.42 Å². The van der Waals surface area contributed by atoms with Gasteiger partial charge in [-0.05, 0) is 35.6 Å². The Morgan fingerprint density at radius 1 is 1.06 bits per heavy atom. The number of benzene rings is 2. The fourth-order valence-electron chi connectivity index (χ4n) is 2.13. The van der Waals surface area contributed by atoms with Gasteiger partial charge in [0.1, 0.15) is 0 Å². The van der Waals surface area contributed by atoms with Gasteiger partial charge in [-0.3, -0.25) is 4.79 Å². The Morgan fingerprint density at radius 3 is 2.50 bits per heavy atom. The lowest BCUT2D eigenvalue weighted by Gasteiger charge is -2.08. The first-order valence-electron chi connectivity index (χ1n) is 6.48. The molecule has 0 radical (unpaired) electrons. The van der Waals surface area contributed by atoms with E-state index >= 15 is 0 Å². The van der Waals surface area contributed by atoms with Gasteiger partial charge in [-0.2, -0.15) is 0 Å². The second kappa shape index (κ2) is 6.15. The lowest BCUT2D eigenvalue weighted by Crippen LogP contribution is -1.92. The first kappa shape index (κ1) is 12.6. The maximum absolute atomic E-state index is 11.2. The lowest BCUT2D eigenvalue weighted by molar-refractivity contribution is 0.112. The Labute approximate surface area is 108 Å². The monoisotopic (exact) mass is 238 g/mol. The fourth-order valence-corrected chi connectivity index (χ4v) is 2.13. The molecular weight excluding hydrogens is 220 g/mol. The molecule has 0 amide bonds. The molecule has 0 unspecified atom stereocenters. The molecule has 0 spiro atoms. The second-order valence-corrected chi connectivity index (χ2v) is 4.51. The number of carbonyl (C=O) groups excluding carboxylic acids is 1. The van der Waals surface area contributed by atoms with Crippen molar-refractivity contribution in [3.8, 4) is 11.1 Å². The molecule has 2 aromatic rings. The van der Waals surface area contributed by atoms with E-state index < -0.39 is 0 Å². The molecule has 0 fully saturated rings. The molecule has 1 heteroatoms. The van der Waals surface area contributed by atoms with Gasteiger partial charge in [-0.15, -0.1) is 0 Å². The zero-order valence-electron chi connectivity index (χ0n) is 10.7. The van der Waals surface area contributed by atoms with Crippen LogP contribution in [-0.4, -0.2) is 6.29 Å². The highest BCUT2D eigenvalue weighted by Gasteiger charge is 2.05. The fraction of sp³-hybridized carbons (Fsp3) is 0.235. The van der Waals surface area contributed by atoms with E-state index in [4.69, 9.17) is 0 Å². The summed E-state index contributed by atoms with van der Waals surface area (Å²) in [5.41, 5.74) is 4.15. The van der Waals surface area contributed by atoms with Crippen molar-refractivity contribution in [1.82, 2.24) is 0 Å². The molecule has 2 rings (SSSR count). The largest absolute Gasteiger partial charge is 0.298 e. The zero-order valence-corrected chi connectivity index (χ0v) is 10.7. The topological polar surface area (TPSA) is 17.1 Å². The minimum atomic E-state index is 0.787. The van der Waals surface area contributed by atoms with Gasteiger partial charge in [0.05, 0.1) is 0 Å². The number of aryl methyl sites for hydroxylation is 1. The Morgan fingerprint density at radius 2 is 1.83 bits per heavy atom. The summed E-state index contributed by atoms with van der Waals surface area (Å²) in [6, 6.07) is 16.3. The van der Waals surface area contributed by atoms with E-state index in [0.29, 0.717) is 0 Å². The Bertz CT molecular complexity index is 514.